The third-order valence-corrected chi connectivity index (χ3v) is 4.15. The fourth-order valence-corrected chi connectivity index (χ4v) is 3.24. The molecule has 2 rings (SSSR count). The first-order valence-electron chi connectivity index (χ1n) is 7.45. The predicted molar refractivity (Wildman–Crippen MR) is 78.9 cm³/mol. The van der Waals surface area contributed by atoms with Crippen LogP contribution in [-0.2, 0) is 0 Å². The average molecular weight is 264 g/mol. The summed E-state index contributed by atoms with van der Waals surface area (Å²) in [6.07, 6.45) is 6.32. The van der Waals surface area contributed by atoms with E-state index in [-0.39, 0.29) is 11.9 Å². The Labute approximate surface area is 115 Å². The van der Waals surface area contributed by atoms with Gasteiger partial charge in [-0.25, -0.2) is 4.39 Å². The number of anilines is 1. The lowest BCUT2D eigenvalue weighted by Crippen LogP contribution is -2.37. The van der Waals surface area contributed by atoms with Gasteiger partial charge in [-0.3, -0.25) is 0 Å². The van der Waals surface area contributed by atoms with Crippen LogP contribution < -0.4 is 10.6 Å². The molecule has 19 heavy (non-hydrogen) atoms. The van der Waals surface area contributed by atoms with Gasteiger partial charge in [-0.05, 0) is 38.8 Å². The van der Waals surface area contributed by atoms with Crippen LogP contribution in [0.3, 0.4) is 0 Å². The Hall–Kier alpha value is -1.09. The molecule has 1 aromatic carbocycles. The molecule has 1 atom stereocenters. The van der Waals surface area contributed by atoms with Crippen LogP contribution in [0.2, 0.25) is 0 Å². The van der Waals surface area contributed by atoms with Crippen molar-refractivity contribution in [1.29, 1.82) is 0 Å². The number of nitrogens with two attached hydrogens (primary N) is 1. The van der Waals surface area contributed by atoms with Gasteiger partial charge in [0.15, 0.2) is 0 Å². The normalized spacial score (nSPS) is 18.3. The van der Waals surface area contributed by atoms with Gasteiger partial charge in [-0.1, -0.05) is 25.3 Å². The van der Waals surface area contributed by atoms with Crippen LogP contribution in [0, 0.1) is 5.82 Å². The van der Waals surface area contributed by atoms with Gasteiger partial charge in [0.1, 0.15) is 5.82 Å². The maximum Gasteiger partial charge on any atom is 0.130 e. The van der Waals surface area contributed by atoms with Gasteiger partial charge in [-0.2, -0.15) is 0 Å². The first-order chi connectivity index (χ1) is 9.15. The van der Waals surface area contributed by atoms with E-state index in [2.05, 4.69) is 11.8 Å². The second-order valence-electron chi connectivity index (χ2n) is 5.54. The van der Waals surface area contributed by atoms with Crippen LogP contribution in [0.15, 0.2) is 18.2 Å². The van der Waals surface area contributed by atoms with Gasteiger partial charge >= 0.3 is 0 Å². The highest BCUT2D eigenvalue weighted by atomic mass is 19.1. The third-order valence-electron chi connectivity index (χ3n) is 4.15. The summed E-state index contributed by atoms with van der Waals surface area (Å²) >= 11 is 0. The van der Waals surface area contributed by atoms with Crippen molar-refractivity contribution in [3.05, 3.63) is 29.6 Å². The zero-order chi connectivity index (χ0) is 13.8. The minimum absolute atomic E-state index is 0.179. The molecule has 3 heteroatoms. The zero-order valence-corrected chi connectivity index (χ0v) is 12.0. The highest BCUT2D eigenvalue weighted by Gasteiger charge is 2.24. The molecule has 2 N–H and O–H groups in total. The number of hydrogen-bond donors (Lipinski definition) is 1. The maximum atomic E-state index is 14.1. The Morgan fingerprint density at radius 3 is 2.58 bits per heavy atom. The summed E-state index contributed by atoms with van der Waals surface area (Å²) in [5.74, 6) is -0.179. The summed E-state index contributed by atoms with van der Waals surface area (Å²) in [6.45, 7) is 4.91. The zero-order valence-electron chi connectivity index (χ0n) is 12.0. The molecule has 0 aromatic heterocycles. The molecule has 1 unspecified atom stereocenters. The van der Waals surface area contributed by atoms with Crippen molar-refractivity contribution < 1.29 is 4.39 Å². The Kier molecular flexibility index (Phi) is 4.81. The molecular formula is C16H25FN2. The Balaban J connectivity index is 2.34. The molecule has 0 heterocycles. The van der Waals surface area contributed by atoms with Crippen molar-refractivity contribution >= 4 is 5.69 Å². The number of halogens is 1. The first-order valence-corrected chi connectivity index (χ1v) is 7.45. The standard InChI is InChI=1S/C16H25FN2/c1-3-19(13-8-5-4-6-9-13)15-11-7-10-14(17)16(15)12(2)18/h7,10-13H,3-6,8-9,18H2,1-2H3. The smallest absolute Gasteiger partial charge is 0.130 e. The number of nitrogens with zero attached hydrogens (tertiary/aromatic N) is 1. The fourth-order valence-electron chi connectivity index (χ4n) is 3.24. The van der Waals surface area contributed by atoms with E-state index in [1.807, 2.05) is 13.0 Å². The lowest BCUT2D eigenvalue weighted by Gasteiger charge is -2.37. The molecule has 0 saturated heterocycles. The Morgan fingerprint density at radius 2 is 2.00 bits per heavy atom. The topological polar surface area (TPSA) is 29.3 Å². The molecule has 1 aliphatic carbocycles. The predicted octanol–water partition coefficient (Wildman–Crippen LogP) is 4.00. The molecule has 1 fully saturated rings. The van der Waals surface area contributed by atoms with Gasteiger partial charge in [0.05, 0.1) is 0 Å². The molecule has 0 radical (unpaired) electrons. The summed E-state index contributed by atoms with van der Waals surface area (Å²) in [7, 11) is 0. The Morgan fingerprint density at radius 1 is 1.32 bits per heavy atom. The summed E-state index contributed by atoms with van der Waals surface area (Å²) in [5.41, 5.74) is 7.62. The van der Waals surface area contributed by atoms with Crippen LogP contribution in [0.5, 0.6) is 0 Å². The number of rotatable bonds is 4. The molecule has 0 spiro atoms. The molecule has 1 saturated carbocycles. The molecule has 2 nitrogen and oxygen atoms in total. The third kappa shape index (κ3) is 3.08. The van der Waals surface area contributed by atoms with E-state index in [0.717, 1.165) is 12.2 Å². The van der Waals surface area contributed by atoms with Crippen molar-refractivity contribution in [1.82, 2.24) is 0 Å². The van der Waals surface area contributed by atoms with E-state index in [4.69, 9.17) is 5.73 Å². The maximum absolute atomic E-state index is 14.1. The molecule has 0 amide bonds. The summed E-state index contributed by atoms with van der Waals surface area (Å²) in [5, 5.41) is 0. The van der Waals surface area contributed by atoms with Crippen LogP contribution in [0.4, 0.5) is 10.1 Å². The largest absolute Gasteiger partial charge is 0.368 e. The van der Waals surface area contributed by atoms with Crippen molar-refractivity contribution in [2.75, 3.05) is 11.4 Å². The molecule has 106 valence electrons. The van der Waals surface area contributed by atoms with Crippen LogP contribution in [0.25, 0.3) is 0 Å². The first kappa shape index (κ1) is 14.3. The van der Waals surface area contributed by atoms with Crippen molar-refractivity contribution in [2.24, 2.45) is 5.73 Å². The molecule has 1 aromatic rings. The monoisotopic (exact) mass is 264 g/mol. The fraction of sp³-hybridized carbons (Fsp3) is 0.625. The summed E-state index contributed by atoms with van der Waals surface area (Å²) in [4.78, 5) is 2.35. The van der Waals surface area contributed by atoms with E-state index < -0.39 is 0 Å². The molecule has 0 aliphatic heterocycles. The lowest BCUT2D eigenvalue weighted by atomic mass is 9.93. The molecule has 1 aliphatic rings. The SMILES string of the molecule is CCN(c1cccc(F)c1C(C)N)C1CCCCC1. The van der Waals surface area contributed by atoms with Gasteiger partial charge in [0, 0.05) is 29.9 Å². The van der Waals surface area contributed by atoms with E-state index in [1.54, 1.807) is 6.07 Å². The minimum atomic E-state index is -0.270. The van der Waals surface area contributed by atoms with Gasteiger partial charge in [0.25, 0.3) is 0 Å². The average Bonchev–Trinajstić information content (AvgIpc) is 2.40. The quantitative estimate of drug-likeness (QED) is 0.890. The minimum Gasteiger partial charge on any atom is -0.368 e. The highest BCUT2D eigenvalue weighted by Crippen LogP contribution is 2.33. The Bertz CT molecular complexity index is 411. The summed E-state index contributed by atoms with van der Waals surface area (Å²) in [6, 6.07) is 5.59. The van der Waals surface area contributed by atoms with Crippen LogP contribution in [-0.4, -0.2) is 12.6 Å². The van der Waals surface area contributed by atoms with E-state index in [1.165, 1.54) is 38.2 Å². The summed E-state index contributed by atoms with van der Waals surface area (Å²) < 4.78 is 14.1. The van der Waals surface area contributed by atoms with Crippen molar-refractivity contribution in [2.45, 2.75) is 58.0 Å². The molecular weight excluding hydrogens is 239 g/mol. The second kappa shape index (κ2) is 6.38. The number of hydrogen-bond acceptors (Lipinski definition) is 2. The molecule has 0 bridgehead atoms. The van der Waals surface area contributed by atoms with E-state index >= 15 is 0 Å². The van der Waals surface area contributed by atoms with E-state index in [0.29, 0.717) is 11.6 Å². The van der Waals surface area contributed by atoms with E-state index in [9.17, 15) is 4.39 Å². The number of benzene rings is 1. The van der Waals surface area contributed by atoms with Crippen molar-refractivity contribution in [3.8, 4) is 0 Å². The van der Waals surface area contributed by atoms with Crippen LogP contribution in [0.1, 0.15) is 57.6 Å². The van der Waals surface area contributed by atoms with Crippen LogP contribution >= 0.6 is 0 Å². The van der Waals surface area contributed by atoms with Gasteiger partial charge in [0.2, 0.25) is 0 Å². The second-order valence-corrected chi connectivity index (χ2v) is 5.54. The van der Waals surface area contributed by atoms with Crippen molar-refractivity contribution in [3.63, 3.8) is 0 Å². The van der Waals surface area contributed by atoms with Gasteiger partial charge in [-0.15, -0.1) is 0 Å². The lowest BCUT2D eigenvalue weighted by molar-refractivity contribution is 0.416. The van der Waals surface area contributed by atoms with Gasteiger partial charge < -0.3 is 10.6 Å². The highest BCUT2D eigenvalue weighted by molar-refractivity contribution is 5.56.